The third-order valence-electron chi connectivity index (χ3n) is 2.11. The summed E-state index contributed by atoms with van der Waals surface area (Å²) in [5, 5.41) is 31.9. The van der Waals surface area contributed by atoms with Crippen LogP contribution in [0.5, 0.6) is 0 Å². The standard InChI is InChI=1S/C10H8N4O5/c11-2-1-3-12-10(15)7-4-8(13(16)17)6-9(5-7)14(18)19/h4-6H,1,3H2,(H,12,15). The first-order valence-electron chi connectivity index (χ1n) is 5.04. The molecule has 0 bridgehead atoms. The molecule has 0 fully saturated rings. The molecule has 0 spiro atoms. The van der Waals surface area contributed by atoms with Gasteiger partial charge in [0.25, 0.3) is 17.3 Å². The minimum Gasteiger partial charge on any atom is -0.351 e. The normalized spacial score (nSPS) is 9.42. The first-order chi connectivity index (χ1) is 8.95. The van der Waals surface area contributed by atoms with Crippen LogP contribution in [-0.2, 0) is 0 Å². The SMILES string of the molecule is N#CCCNC(=O)c1cc([N+](=O)[O-])cc([N+](=O)[O-])c1. The Morgan fingerprint density at radius 1 is 1.21 bits per heavy atom. The Kier molecular flexibility index (Phi) is 4.48. The lowest BCUT2D eigenvalue weighted by molar-refractivity contribution is -0.394. The van der Waals surface area contributed by atoms with E-state index in [4.69, 9.17) is 5.26 Å². The molecule has 19 heavy (non-hydrogen) atoms. The summed E-state index contributed by atoms with van der Waals surface area (Å²) < 4.78 is 0. The van der Waals surface area contributed by atoms with E-state index >= 15 is 0 Å². The zero-order chi connectivity index (χ0) is 14.4. The van der Waals surface area contributed by atoms with Crippen molar-refractivity contribution < 1.29 is 14.6 Å². The first kappa shape index (κ1) is 14.0. The van der Waals surface area contributed by atoms with E-state index in [-0.39, 0.29) is 18.5 Å². The van der Waals surface area contributed by atoms with E-state index in [0.717, 1.165) is 18.2 Å². The van der Waals surface area contributed by atoms with Crippen LogP contribution in [0.25, 0.3) is 0 Å². The van der Waals surface area contributed by atoms with Crippen LogP contribution in [0, 0.1) is 31.6 Å². The number of nitro benzene ring substituents is 2. The molecule has 1 N–H and O–H groups in total. The van der Waals surface area contributed by atoms with Gasteiger partial charge in [-0.3, -0.25) is 25.0 Å². The maximum absolute atomic E-state index is 11.6. The lowest BCUT2D eigenvalue weighted by Gasteiger charge is -2.02. The second-order valence-corrected chi connectivity index (χ2v) is 3.42. The van der Waals surface area contributed by atoms with Gasteiger partial charge < -0.3 is 5.32 Å². The average molecular weight is 264 g/mol. The van der Waals surface area contributed by atoms with Gasteiger partial charge in [-0.05, 0) is 0 Å². The van der Waals surface area contributed by atoms with E-state index in [0.29, 0.717) is 0 Å². The van der Waals surface area contributed by atoms with Gasteiger partial charge in [-0.15, -0.1) is 0 Å². The lowest BCUT2D eigenvalue weighted by Crippen LogP contribution is -2.24. The molecule has 1 aromatic carbocycles. The quantitative estimate of drug-likeness (QED) is 0.480. The predicted molar refractivity (Wildman–Crippen MR) is 62.3 cm³/mol. The molecule has 0 saturated heterocycles. The smallest absolute Gasteiger partial charge is 0.277 e. The van der Waals surface area contributed by atoms with E-state index in [1.54, 1.807) is 6.07 Å². The van der Waals surface area contributed by atoms with Crippen molar-refractivity contribution in [1.29, 1.82) is 5.26 Å². The third kappa shape index (κ3) is 3.74. The van der Waals surface area contributed by atoms with Crippen LogP contribution in [0.3, 0.4) is 0 Å². The van der Waals surface area contributed by atoms with E-state index in [9.17, 15) is 25.0 Å². The number of non-ortho nitro benzene ring substituents is 2. The highest BCUT2D eigenvalue weighted by atomic mass is 16.6. The lowest BCUT2D eigenvalue weighted by atomic mass is 10.1. The fourth-order valence-corrected chi connectivity index (χ4v) is 1.27. The number of amides is 1. The van der Waals surface area contributed by atoms with Crippen molar-refractivity contribution in [3.63, 3.8) is 0 Å². The molecule has 1 aromatic rings. The average Bonchev–Trinajstić information content (AvgIpc) is 2.38. The monoisotopic (exact) mass is 264 g/mol. The topological polar surface area (TPSA) is 139 Å². The molecule has 0 aliphatic carbocycles. The number of rotatable bonds is 5. The third-order valence-corrected chi connectivity index (χ3v) is 2.11. The maximum Gasteiger partial charge on any atom is 0.277 e. The Labute approximate surface area is 106 Å². The summed E-state index contributed by atoms with van der Waals surface area (Å²) in [5.41, 5.74) is -1.28. The van der Waals surface area contributed by atoms with Gasteiger partial charge in [-0.1, -0.05) is 0 Å². The molecule has 0 aromatic heterocycles. The Bertz CT molecular complexity index is 546. The molecule has 9 heteroatoms. The number of carbonyl (C=O) groups is 1. The Balaban J connectivity index is 3.06. The zero-order valence-electron chi connectivity index (χ0n) is 9.53. The van der Waals surface area contributed by atoms with Crippen LogP contribution in [-0.4, -0.2) is 22.3 Å². The summed E-state index contributed by atoms with van der Waals surface area (Å²) in [4.78, 5) is 31.2. The molecule has 1 amide bonds. The Morgan fingerprint density at radius 3 is 2.16 bits per heavy atom. The zero-order valence-corrected chi connectivity index (χ0v) is 9.53. The van der Waals surface area contributed by atoms with Crippen LogP contribution < -0.4 is 5.32 Å². The number of nitro groups is 2. The van der Waals surface area contributed by atoms with Crippen molar-refractivity contribution in [2.75, 3.05) is 6.54 Å². The highest BCUT2D eigenvalue weighted by molar-refractivity contribution is 5.95. The number of hydrogen-bond acceptors (Lipinski definition) is 6. The van der Waals surface area contributed by atoms with E-state index in [1.807, 2.05) is 0 Å². The molecule has 98 valence electrons. The van der Waals surface area contributed by atoms with E-state index < -0.39 is 27.1 Å². The summed E-state index contributed by atoms with van der Waals surface area (Å²) in [6.45, 7) is 0.0613. The minimum atomic E-state index is -0.820. The molecule has 0 atom stereocenters. The fourth-order valence-electron chi connectivity index (χ4n) is 1.27. The van der Waals surface area contributed by atoms with Crippen LogP contribution in [0.4, 0.5) is 11.4 Å². The van der Waals surface area contributed by atoms with Crippen molar-refractivity contribution in [2.24, 2.45) is 0 Å². The Hall–Kier alpha value is -3.02. The highest BCUT2D eigenvalue weighted by Crippen LogP contribution is 2.22. The number of hydrogen-bond donors (Lipinski definition) is 1. The summed E-state index contributed by atoms with van der Waals surface area (Å²) in [5.74, 6) is -0.706. The molecule has 1 rings (SSSR count). The molecule has 0 saturated carbocycles. The second-order valence-electron chi connectivity index (χ2n) is 3.42. The van der Waals surface area contributed by atoms with Gasteiger partial charge in [0, 0.05) is 18.7 Å². The molecule has 0 aliphatic heterocycles. The van der Waals surface area contributed by atoms with E-state index in [2.05, 4.69) is 5.32 Å². The molecule has 9 nitrogen and oxygen atoms in total. The van der Waals surface area contributed by atoms with Crippen molar-refractivity contribution in [3.8, 4) is 6.07 Å². The van der Waals surface area contributed by atoms with Gasteiger partial charge in [-0.2, -0.15) is 5.26 Å². The van der Waals surface area contributed by atoms with Crippen LogP contribution in [0.15, 0.2) is 18.2 Å². The van der Waals surface area contributed by atoms with Gasteiger partial charge in [0.05, 0.1) is 34.0 Å². The van der Waals surface area contributed by atoms with Gasteiger partial charge >= 0.3 is 0 Å². The fraction of sp³-hybridized carbons (Fsp3) is 0.200. The van der Waals surface area contributed by atoms with Gasteiger partial charge in [-0.25, -0.2) is 0 Å². The summed E-state index contributed by atoms with van der Waals surface area (Å²) in [6, 6.07) is 4.45. The number of benzene rings is 1. The van der Waals surface area contributed by atoms with Gasteiger partial charge in [0.2, 0.25) is 0 Å². The molecular formula is C10H8N4O5. The second kappa shape index (κ2) is 6.06. The largest absolute Gasteiger partial charge is 0.351 e. The highest BCUT2D eigenvalue weighted by Gasteiger charge is 2.19. The predicted octanol–water partition coefficient (Wildman–Crippen LogP) is 1.15. The Morgan fingerprint density at radius 2 is 1.74 bits per heavy atom. The maximum atomic E-state index is 11.6. The van der Waals surface area contributed by atoms with Crippen molar-refractivity contribution in [3.05, 3.63) is 44.0 Å². The number of carbonyl (C=O) groups excluding carboxylic acids is 1. The summed E-state index contributed by atoms with van der Waals surface area (Å²) in [6.07, 6.45) is 0.0722. The summed E-state index contributed by atoms with van der Waals surface area (Å²) in [7, 11) is 0. The minimum absolute atomic E-state index is 0.0613. The molecule has 0 radical (unpaired) electrons. The number of nitrogens with one attached hydrogen (secondary N) is 1. The van der Waals surface area contributed by atoms with Crippen molar-refractivity contribution in [2.45, 2.75) is 6.42 Å². The first-order valence-corrected chi connectivity index (χ1v) is 5.04. The van der Waals surface area contributed by atoms with Crippen LogP contribution in [0.1, 0.15) is 16.8 Å². The van der Waals surface area contributed by atoms with Crippen LogP contribution in [0.2, 0.25) is 0 Å². The van der Waals surface area contributed by atoms with Gasteiger partial charge in [0.1, 0.15) is 0 Å². The molecular weight excluding hydrogens is 256 g/mol. The van der Waals surface area contributed by atoms with Crippen LogP contribution >= 0.6 is 0 Å². The molecule has 0 aliphatic rings. The van der Waals surface area contributed by atoms with E-state index in [1.165, 1.54) is 0 Å². The number of nitriles is 1. The summed E-state index contributed by atoms with van der Waals surface area (Å²) >= 11 is 0. The molecule has 0 heterocycles. The number of nitrogens with zero attached hydrogens (tertiary/aromatic N) is 3. The van der Waals surface area contributed by atoms with Crippen molar-refractivity contribution in [1.82, 2.24) is 5.32 Å². The van der Waals surface area contributed by atoms with Crippen molar-refractivity contribution >= 4 is 17.3 Å². The molecule has 0 unspecified atom stereocenters. The van der Waals surface area contributed by atoms with Gasteiger partial charge in [0.15, 0.2) is 0 Å².